The summed E-state index contributed by atoms with van der Waals surface area (Å²) in [5, 5.41) is 0. The molecule has 0 aliphatic heterocycles. The van der Waals surface area contributed by atoms with Gasteiger partial charge in [-0.15, -0.1) is 0 Å². The molecule has 0 saturated heterocycles. The summed E-state index contributed by atoms with van der Waals surface area (Å²) in [4.78, 5) is 13.7. The summed E-state index contributed by atoms with van der Waals surface area (Å²) in [5.74, 6) is 0.218. The monoisotopic (exact) mass is 248 g/mol. The highest BCUT2D eigenvalue weighted by atomic mass is 16.1. The van der Waals surface area contributed by atoms with Crippen molar-refractivity contribution >= 4 is 5.91 Å². The van der Waals surface area contributed by atoms with Crippen LogP contribution in [-0.2, 0) is 4.79 Å². The standard InChI is InChI=1S/C15H24N2O/c1-5-17(6-2)14(15(16)18)13-9-7-12(8-10-13)11(3)4/h7-11,14H,5-6H2,1-4H3,(H2,16,18). The molecule has 0 aromatic heterocycles. The smallest absolute Gasteiger partial charge is 0.239 e. The fraction of sp³-hybridized carbons (Fsp3) is 0.533. The molecule has 1 aromatic carbocycles. The maximum Gasteiger partial charge on any atom is 0.239 e. The fourth-order valence-electron chi connectivity index (χ4n) is 2.21. The van der Waals surface area contributed by atoms with Gasteiger partial charge < -0.3 is 5.73 Å². The van der Waals surface area contributed by atoms with Crippen molar-refractivity contribution in [2.75, 3.05) is 13.1 Å². The van der Waals surface area contributed by atoms with E-state index in [1.165, 1.54) is 5.56 Å². The van der Waals surface area contributed by atoms with Crippen LogP contribution in [0.4, 0.5) is 0 Å². The zero-order chi connectivity index (χ0) is 13.7. The summed E-state index contributed by atoms with van der Waals surface area (Å²) in [5.41, 5.74) is 7.80. The van der Waals surface area contributed by atoms with E-state index in [-0.39, 0.29) is 11.9 Å². The molecule has 2 N–H and O–H groups in total. The van der Waals surface area contributed by atoms with E-state index in [1.807, 2.05) is 26.0 Å². The van der Waals surface area contributed by atoms with Gasteiger partial charge in [-0.25, -0.2) is 0 Å². The molecule has 100 valence electrons. The molecular formula is C15H24N2O. The van der Waals surface area contributed by atoms with E-state index >= 15 is 0 Å². The molecule has 3 nitrogen and oxygen atoms in total. The molecule has 1 atom stereocenters. The van der Waals surface area contributed by atoms with Crippen molar-refractivity contribution in [2.45, 2.75) is 39.7 Å². The van der Waals surface area contributed by atoms with Crippen LogP contribution in [0.5, 0.6) is 0 Å². The molecule has 1 aromatic rings. The number of primary amides is 1. The third-order valence-electron chi connectivity index (χ3n) is 3.37. The van der Waals surface area contributed by atoms with Gasteiger partial charge in [-0.1, -0.05) is 52.0 Å². The Bertz CT molecular complexity index is 380. The second kappa shape index (κ2) is 6.55. The molecule has 0 fully saturated rings. The molecule has 0 aliphatic rings. The Morgan fingerprint density at radius 2 is 1.56 bits per heavy atom. The van der Waals surface area contributed by atoms with E-state index < -0.39 is 0 Å². The summed E-state index contributed by atoms with van der Waals surface area (Å²) in [7, 11) is 0. The third-order valence-corrected chi connectivity index (χ3v) is 3.37. The fourth-order valence-corrected chi connectivity index (χ4v) is 2.21. The molecule has 0 spiro atoms. The Morgan fingerprint density at radius 1 is 1.11 bits per heavy atom. The minimum Gasteiger partial charge on any atom is -0.368 e. The average Bonchev–Trinajstić information content (AvgIpc) is 2.35. The van der Waals surface area contributed by atoms with Gasteiger partial charge in [-0.2, -0.15) is 0 Å². The highest BCUT2D eigenvalue weighted by Gasteiger charge is 2.23. The molecule has 0 aliphatic carbocycles. The summed E-state index contributed by atoms with van der Waals surface area (Å²) in [6.45, 7) is 10.0. The largest absolute Gasteiger partial charge is 0.368 e. The highest BCUT2D eigenvalue weighted by Crippen LogP contribution is 2.22. The SMILES string of the molecule is CCN(CC)C(C(N)=O)c1ccc(C(C)C)cc1. The molecule has 0 bridgehead atoms. The van der Waals surface area contributed by atoms with Crippen LogP contribution in [0.3, 0.4) is 0 Å². The van der Waals surface area contributed by atoms with Crippen molar-refractivity contribution in [3.8, 4) is 0 Å². The number of carbonyl (C=O) groups excluding carboxylic acids is 1. The third kappa shape index (κ3) is 3.33. The Hall–Kier alpha value is -1.35. The van der Waals surface area contributed by atoms with E-state index in [0.29, 0.717) is 5.92 Å². The van der Waals surface area contributed by atoms with Gasteiger partial charge in [0.15, 0.2) is 0 Å². The van der Waals surface area contributed by atoms with Gasteiger partial charge in [-0.3, -0.25) is 9.69 Å². The summed E-state index contributed by atoms with van der Waals surface area (Å²) < 4.78 is 0. The van der Waals surface area contributed by atoms with Crippen LogP contribution in [0, 0.1) is 0 Å². The topological polar surface area (TPSA) is 46.3 Å². The molecule has 0 saturated carbocycles. The lowest BCUT2D eigenvalue weighted by Gasteiger charge is -2.27. The Balaban J connectivity index is 3.03. The van der Waals surface area contributed by atoms with E-state index in [2.05, 4.69) is 30.9 Å². The van der Waals surface area contributed by atoms with Crippen molar-refractivity contribution in [3.05, 3.63) is 35.4 Å². The number of carbonyl (C=O) groups is 1. The van der Waals surface area contributed by atoms with Crippen LogP contribution in [0.15, 0.2) is 24.3 Å². The van der Waals surface area contributed by atoms with Crippen LogP contribution in [-0.4, -0.2) is 23.9 Å². The Kier molecular flexibility index (Phi) is 5.35. The second-order valence-corrected chi connectivity index (χ2v) is 4.85. The van der Waals surface area contributed by atoms with Crippen molar-refractivity contribution < 1.29 is 4.79 Å². The molecule has 3 heteroatoms. The zero-order valence-corrected chi connectivity index (χ0v) is 11.8. The minimum atomic E-state index is -0.318. The van der Waals surface area contributed by atoms with Gasteiger partial charge in [0.1, 0.15) is 6.04 Å². The van der Waals surface area contributed by atoms with Crippen LogP contribution >= 0.6 is 0 Å². The van der Waals surface area contributed by atoms with Crippen molar-refractivity contribution in [1.82, 2.24) is 4.90 Å². The maximum absolute atomic E-state index is 11.7. The van der Waals surface area contributed by atoms with Gasteiger partial charge in [0.05, 0.1) is 0 Å². The number of hydrogen-bond donors (Lipinski definition) is 1. The number of rotatable bonds is 6. The van der Waals surface area contributed by atoms with E-state index in [4.69, 9.17) is 5.73 Å². The van der Waals surface area contributed by atoms with E-state index in [9.17, 15) is 4.79 Å². The average molecular weight is 248 g/mol. The lowest BCUT2D eigenvalue weighted by atomic mass is 9.98. The van der Waals surface area contributed by atoms with Crippen LogP contribution < -0.4 is 5.73 Å². The normalized spacial score (nSPS) is 13.0. The van der Waals surface area contributed by atoms with Crippen LogP contribution in [0.25, 0.3) is 0 Å². The number of benzene rings is 1. The summed E-state index contributed by atoms with van der Waals surface area (Å²) >= 11 is 0. The Labute approximate surface area is 110 Å². The van der Waals surface area contributed by atoms with Gasteiger partial charge in [0.2, 0.25) is 5.91 Å². The molecule has 0 heterocycles. The van der Waals surface area contributed by atoms with Crippen molar-refractivity contribution in [2.24, 2.45) is 5.73 Å². The lowest BCUT2D eigenvalue weighted by Crippen LogP contribution is -2.37. The van der Waals surface area contributed by atoms with Gasteiger partial charge >= 0.3 is 0 Å². The van der Waals surface area contributed by atoms with Gasteiger partial charge in [0.25, 0.3) is 0 Å². The van der Waals surface area contributed by atoms with Crippen molar-refractivity contribution in [1.29, 1.82) is 0 Å². The van der Waals surface area contributed by atoms with Crippen molar-refractivity contribution in [3.63, 3.8) is 0 Å². The first-order valence-electron chi connectivity index (χ1n) is 6.64. The van der Waals surface area contributed by atoms with E-state index in [0.717, 1.165) is 18.7 Å². The zero-order valence-electron chi connectivity index (χ0n) is 11.8. The number of nitrogens with two attached hydrogens (primary N) is 1. The molecule has 18 heavy (non-hydrogen) atoms. The first-order chi connectivity index (χ1) is 8.51. The predicted octanol–water partition coefficient (Wildman–Crippen LogP) is 2.68. The highest BCUT2D eigenvalue weighted by molar-refractivity contribution is 5.81. The lowest BCUT2D eigenvalue weighted by molar-refractivity contribution is -0.123. The van der Waals surface area contributed by atoms with E-state index in [1.54, 1.807) is 0 Å². The number of hydrogen-bond acceptors (Lipinski definition) is 2. The minimum absolute atomic E-state index is 0.281. The molecule has 1 amide bonds. The number of likely N-dealkylation sites (N-methyl/N-ethyl adjacent to an activating group) is 1. The quantitative estimate of drug-likeness (QED) is 0.841. The molecule has 0 radical (unpaired) electrons. The van der Waals surface area contributed by atoms with Gasteiger partial charge in [-0.05, 0) is 30.1 Å². The Morgan fingerprint density at radius 3 is 1.89 bits per heavy atom. The first kappa shape index (κ1) is 14.7. The number of amides is 1. The van der Waals surface area contributed by atoms with Gasteiger partial charge in [0, 0.05) is 0 Å². The second-order valence-electron chi connectivity index (χ2n) is 4.85. The first-order valence-corrected chi connectivity index (χ1v) is 6.64. The molecular weight excluding hydrogens is 224 g/mol. The number of nitrogens with zero attached hydrogens (tertiary/aromatic N) is 1. The predicted molar refractivity (Wildman–Crippen MR) is 75.4 cm³/mol. The maximum atomic E-state index is 11.7. The molecule has 1 rings (SSSR count). The molecule has 1 unspecified atom stereocenters. The van der Waals surface area contributed by atoms with Crippen LogP contribution in [0.1, 0.15) is 50.8 Å². The summed E-state index contributed by atoms with van der Waals surface area (Å²) in [6.07, 6.45) is 0. The van der Waals surface area contributed by atoms with Crippen LogP contribution in [0.2, 0.25) is 0 Å². The summed E-state index contributed by atoms with van der Waals surface area (Å²) in [6, 6.07) is 7.88.